The van der Waals surface area contributed by atoms with Crippen LogP contribution in [0.25, 0.3) is 0 Å². The van der Waals surface area contributed by atoms with Gasteiger partial charge in [0, 0.05) is 5.69 Å². The van der Waals surface area contributed by atoms with Crippen molar-refractivity contribution in [2.24, 2.45) is 0 Å². The maximum absolute atomic E-state index is 11.3. The lowest BCUT2D eigenvalue weighted by atomic mass is 9.99. The fraction of sp³-hybridized carbons (Fsp3) is 0.400. The van der Waals surface area contributed by atoms with Crippen molar-refractivity contribution in [2.75, 3.05) is 11.9 Å². The van der Waals surface area contributed by atoms with Crippen LogP contribution in [0, 0.1) is 0 Å². The van der Waals surface area contributed by atoms with Crippen LogP contribution in [-0.4, -0.2) is 79.4 Å². The highest BCUT2D eigenvalue weighted by atomic mass is 32.3. The molecule has 1 fully saturated rings. The molecule has 1 aliphatic heterocycles. The van der Waals surface area contributed by atoms with Gasteiger partial charge < -0.3 is 25.0 Å². The average Bonchev–Trinajstić information content (AvgIpc) is 2.66. The Balaban J connectivity index is 2.20. The highest BCUT2D eigenvalue weighted by molar-refractivity contribution is 7.81. The number of rotatable bonds is 9. The zero-order valence-electron chi connectivity index (χ0n) is 15.5. The third-order valence-electron chi connectivity index (χ3n) is 3.82. The summed E-state index contributed by atoms with van der Waals surface area (Å²) >= 11 is 0. The summed E-state index contributed by atoms with van der Waals surface area (Å²) in [5.41, 5.74) is 0.366. The molecule has 1 aliphatic rings. The first-order valence-corrected chi connectivity index (χ1v) is 11.0. The Kier molecular flexibility index (Phi) is 8.09. The highest BCUT2D eigenvalue weighted by Crippen LogP contribution is 2.28. The summed E-state index contributed by atoms with van der Waals surface area (Å²) in [7, 11) is -10.1. The lowest BCUT2D eigenvalue weighted by molar-refractivity contribution is -0.271. The van der Waals surface area contributed by atoms with Crippen molar-refractivity contribution in [3.8, 4) is 5.75 Å². The highest BCUT2D eigenvalue weighted by Gasteiger charge is 2.49. The molecule has 14 nitrogen and oxygen atoms in total. The summed E-state index contributed by atoms with van der Waals surface area (Å²) in [5, 5.41) is 22.9. The van der Waals surface area contributed by atoms with Crippen molar-refractivity contribution in [3.63, 3.8) is 0 Å². The van der Waals surface area contributed by atoms with Gasteiger partial charge in [0.2, 0.25) is 12.2 Å². The van der Waals surface area contributed by atoms with Crippen LogP contribution in [0.2, 0.25) is 0 Å². The van der Waals surface area contributed by atoms with Crippen molar-refractivity contribution in [1.82, 2.24) is 0 Å². The molecule has 1 aromatic rings. The molecule has 31 heavy (non-hydrogen) atoms. The van der Waals surface area contributed by atoms with Gasteiger partial charge in [0.15, 0.2) is 0 Å². The van der Waals surface area contributed by atoms with E-state index in [1.165, 1.54) is 24.3 Å². The molecule has 1 saturated heterocycles. The van der Waals surface area contributed by atoms with E-state index in [1.54, 1.807) is 0 Å². The Morgan fingerprint density at radius 3 is 2.23 bits per heavy atom. The van der Waals surface area contributed by atoms with Crippen molar-refractivity contribution in [2.45, 2.75) is 30.7 Å². The number of anilines is 1. The second kappa shape index (κ2) is 9.98. The molecule has 0 spiro atoms. The number of aliphatic hydroxyl groups is 2. The molecule has 0 radical (unpaired) electrons. The van der Waals surface area contributed by atoms with Gasteiger partial charge in [0.05, 0.1) is 6.61 Å². The minimum atomic E-state index is -5.16. The number of aliphatic hydroxyl groups excluding tert-OH is 2. The van der Waals surface area contributed by atoms with E-state index in [1.807, 2.05) is 0 Å². The van der Waals surface area contributed by atoms with Crippen molar-refractivity contribution in [3.05, 3.63) is 36.9 Å². The molecule has 5 atom stereocenters. The molecule has 1 amide bonds. The Morgan fingerprint density at radius 1 is 1.10 bits per heavy atom. The van der Waals surface area contributed by atoms with Crippen molar-refractivity contribution >= 4 is 32.4 Å². The predicted octanol–water partition coefficient (Wildman–Crippen LogP) is -1.36. The van der Waals surface area contributed by atoms with Crippen LogP contribution >= 0.6 is 0 Å². The number of benzene rings is 1. The van der Waals surface area contributed by atoms with Gasteiger partial charge >= 0.3 is 20.8 Å². The molecule has 2 rings (SSSR count). The predicted molar refractivity (Wildman–Crippen MR) is 100 cm³/mol. The fourth-order valence-corrected chi connectivity index (χ4v) is 3.30. The molecule has 1 heterocycles. The average molecular weight is 485 g/mol. The van der Waals surface area contributed by atoms with Gasteiger partial charge in [-0.1, -0.05) is 6.58 Å². The Bertz CT molecular complexity index is 992. The lowest BCUT2D eigenvalue weighted by Crippen LogP contribution is -2.61. The number of carbonyl (C=O) groups is 1. The van der Waals surface area contributed by atoms with Crippen LogP contribution in [0.5, 0.6) is 5.75 Å². The first-order chi connectivity index (χ1) is 14.3. The van der Waals surface area contributed by atoms with E-state index < -0.39 is 64.0 Å². The normalized spacial score (nSPS) is 26.8. The summed E-state index contributed by atoms with van der Waals surface area (Å²) in [6.07, 6.45) is -8.41. The standard InChI is InChI=1S/C15H19NO13S2/c1-2-11(17)16-8-3-5-9(6-4-8)27-15-13(19)14(29-31(23,24)25)12(18)10(28-15)7-26-30(20,21)22/h2-6,10,12-15,18-19H,1,7H2,(H,16,17)(H,20,21,22)(H,23,24,25)/t10-,12+,13-,14+,15-/m1/s1. The van der Waals surface area contributed by atoms with Crippen molar-refractivity contribution in [1.29, 1.82) is 0 Å². The number of nitrogens with one attached hydrogen (secondary N) is 1. The zero-order chi connectivity index (χ0) is 23.4. The van der Waals surface area contributed by atoms with Gasteiger partial charge in [-0.2, -0.15) is 16.8 Å². The summed E-state index contributed by atoms with van der Waals surface area (Å²) in [6, 6.07) is 5.49. The second-order valence-electron chi connectivity index (χ2n) is 6.06. The van der Waals surface area contributed by atoms with Crippen LogP contribution in [0.4, 0.5) is 5.69 Å². The van der Waals surface area contributed by atoms with E-state index in [0.717, 1.165) is 6.08 Å². The number of amides is 1. The van der Waals surface area contributed by atoms with E-state index >= 15 is 0 Å². The molecular weight excluding hydrogens is 466 g/mol. The summed E-state index contributed by atoms with van der Waals surface area (Å²) in [5.74, 6) is -0.433. The lowest BCUT2D eigenvalue weighted by Gasteiger charge is -2.40. The monoisotopic (exact) mass is 485 g/mol. The summed E-state index contributed by atoms with van der Waals surface area (Å²) < 4.78 is 80.1. The molecule has 0 unspecified atom stereocenters. The minimum absolute atomic E-state index is 0.0390. The Hall–Kier alpha value is -2.15. The Morgan fingerprint density at radius 2 is 1.71 bits per heavy atom. The molecule has 174 valence electrons. The maximum Gasteiger partial charge on any atom is 0.397 e. The first kappa shape index (κ1) is 25.1. The minimum Gasteiger partial charge on any atom is -0.462 e. The Labute approximate surface area is 176 Å². The molecular formula is C15H19NO13S2. The van der Waals surface area contributed by atoms with Crippen LogP contribution in [0.3, 0.4) is 0 Å². The van der Waals surface area contributed by atoms with Crippen LogP contribution in [0.15, 0.2) is 36.9 Å². The third kappa shape index (κ3) is 7.80. The summed E-state index contributed by atoms with van der Waals surface area (Å²) in [4.78, 5) is 11.3. The number of carbonyl (C=O) groups excluding carboxylic acids is 1. The van der Waals surface area contributed by atoms with Gasteiger partial charge in [-0.15, -0.1) is 0 Å². The summed E-state index contributed by atoms with van der Waals surface area (Å²) in [6.45, 7) is 2.29. The molecule has 1 aromatic carbocycles. The van der Waals surface area contributed by atoms with Crippen LogP contribution < -0.4 is 10.1 Å². The quantitative estimate of drug-likeness (QED) is 0.202. The van der Waals surface area contributed by atoms with Crippen molar-refractivity contribution < 1.29 is 58.8 Å². The fourth-order valence-electron chi connectivity index (χ4n) is 2.49. The van der Waals surface area contributed by atoms with Gasteiger partial charge in [-0.05, 0) is 30.3 Å². The molecule has 16 heteroatoms. The van der Waals surface area contributed by atoms with Gasteiger partial charge in [0.25, 0.3) is 0 Å². The largest absolute Gasteiger partial charge is 0.462 e. The molecule has 5 N–H and O–H groups in total. The number of hydrogen-bond donors (Lipinski definition) is 5. The van der Waals surface area contributed by atoms with Crippen LogP contribution in [-0.2, 0) is 38.7 Å². The van der Waals surface area contributed by atoms with Gasteiger partial charge in [0.1, 0.15) is 30.2 Å². The van der Waals surface area contributed by atoms with E-state index in [0.29, 0.717) is 5.69 Å². The van der Waals surface area contributed by atoms with E-state index in [4.69, 9.17) is 18.6 Å². The topological polar surface area (TPSA) is 215 Å². The van der Waals surface area contributed by atoms with Gasteiger partial charge in [-0.25, -0.2) is 8.37 Å². The maximum atomic E-state index is 11.3. The third-order valence-corrected chi connectivity index (χ3v) is 4.71. The van der Waals surface area contributed by atoms with E-state index in [-0.39, 0.29) is 5.75 Å². The number of ether oxygens (including phenoxy) is 2. The van der Waals surface area contributed by atoms with E-state index in [2.05, 4.69) is 20.3 Å². The zero-order valence-corrected chi connectivity index (χ0v) is 17.1. The van der Waals surface area contributed by atoms with Crippen LogP contribution in [0.1, 0.15) is 0 Å². The molecule has 0 aromatic heterocycles. The number of hydrogen-bond acceptors (Lipinski definition) is 11. The molecule has 0 aliphatic carbocycles. The second-order valence-corrected chi connectivity index (χ2v) is 8.20. The smallest absolute Gasteiger partial charge is 0.397 e. The first-order valence-electron chi connectivity index (χ1n) is 8.28. The molecule has 0 bridgehead atoms. The van der Waals surface area contributed by atoms with E-state index in [9.17, 15) is 31.8 Å². The SMILES string of the molecule is C=CC(=O)Nc1ccc(O[C@@H]2O[C@H](COS(=O)(=O)O)[C@H](O)[C@H](OS(=O)(=O)O)[C@H]2O)cc1. The van der Waals surface area contributed by atoms with Gasteiger partial charge in [-0.3, -0.25) is 13.9 Å². The molecule has 0 saturated carbocycles.